The number of hydrogen-bond acceptors (Lipinski definition) is 3. The summed E-state index contributed by atoms with van der Waals surface area (Å²) in [5.41, 5.74) is 1.38. The molecule has 1 heterocycles. The number of nitriles is 1. The Morgan fingerprint density at radius 3 is 2.89 bits per heavy atom. The summed E-state index contributed by atoms with van der Waals surface area (Å²) in [6, 6.07) is 4.72. The average molecular weight is 244 g/mol. The predicted octanol–water partition coefficient (Wildman–Crippen LogP) is 2.13. The van der Waals surface area contributed by atoms with Gasteiger partial charge in [-0.05, 0) is 30.2 Å². The number of methoxy groups -OCH3 is 1. The Bertz CT molecular complexity index is 613. The van der Waals surface area contributed by atoms with E-state index in [4.69, 9.17) is 10.00 Å². The highest BCUT2D eigenvalue weighted by Crippen LogP contribution is 2.23. The van der Waals surface area contributed by atoms with Gasteiger partial charge in [0, 0.05) is 6.20 Å². The third-order valence-electron chi connectivity index (χ3n) is 2.48. The van der Waals surface area contributed by atoms with Crippen molar-refractivity contribution in [1.29, 1.82) is 5.26 Å². The first-order chi connectivity index (χ1) is 8.63. The third kappa shape index (κ3) is 2.33. The van der Waals surface area contributed by atoms with E-state index >= 15 is 0 Å². The fourth-order valence-electron chi connectivity index (χ4n) is 1.68. The second kappa shape index (κ2) is 4.88. The summed E-state index contributed by atoms with van der Waals surface area (Å²) in [5.74, 6) is -0.358. The van der Waals surface area contributed by atoms with E-state index in [0.29, 0.717) is 12.1 Å². The molecule has 0 amide bonds. The Hall–Kier alpha value is -2.35. The molecule has 0 saturated heterocycles. The first-order valence-electron chi connectivity index (χ1n) is 5.25. The molecule has 1 radical (unpaired) electrons. The number of benzene rings is 1. The summed E-state index contributed by atoms with van der Waals surface area (Å²) in [5, 5.41) is 12.9. The van der Waals surface area contributed by atoms with E-state index in [1.165, 1.54) is 13.2 Å². The van der Waals surface area contributed by atoms with Gasteiger partial charge >= 0.3 is 0 Å². The fraction of sp³-hybridized carbons (Fsp3) is 0.154. The van der Waals surface area contributed by atoms with Crippen molar-refractivity contribution in [2.45, 2.75) is 6.54 Å². The summed E-state index contributed by atoms with van der Waals surface area (Å²) in [6.07, 6.45) is 3.37. The van der Waals surface area contributed by atoms with Crippen LogP contribution in [0.15, 0.2) is 24.5 Å². The number of nitrogens with zero attached hydrogens (tertiary/aromatic N) is 3. The molecule has 0 aliphatic rings. The Balaban J connectivity index is 2.35. The highest BCUT2D eigenvalue weighted by atomic mass is 19.1. The van der Waals surface area contributed by atoms with Crippen molar-refractivity contribution < 1.29 is 9.13 Å². The molecule has 0 N–H and O–H groups in total. The van der Waals surface area contributed by atoms with E-state index in [1.54, 1.807) is 29.2 Å². The molecule has 4 nitrogen and oxygen atoms in total. The largest absolute Gasteiger partial charge is 0.495 e. The summed E-state index contributed by atoms with van der Waals surface area (Å²) in [6.45, 7) is 4.13. The van der Waals surface area contributed by atoms with E-state index in [9.17, 15) is 4.39 Å². The van der Waals surface area contributed by atoms with Crippen molar-refractivity contribution in [3.8, 4) is 11.8 Å². The van der Waals surface area contributed by atoms with Gasteiger partial charge in [0.25, 0.3) is 0 Å². The second-order valence-corrected chi connectivity index (χ2v) is 3.81. The lowest BCUT2D eigenvalue weighted by Crippen LogP contribution is -2.02. The van der Waals surface area contributed by atoms with Crippen LogP contribution in [-0.2, 0) is 6.54 Å². The molecule has 0 spiro atoms. The Morgan fingerprint density at radius 2 is 2.33 bits per heavy atom. The molecular formula is C13H11FN3O. The van der Waals surface area contributed by atoms with Gasteiger partial charge in [0.05, 0.1) is 19.9 Å². The first kappa shape index (κ1) is 12.1. The molecule has 2 aromatic rings. The van der Waals surface area contributed by atoms with Crippen LogP contribution in [0.5, 0.6) is 5.75 Å². The van der Waals surface area contributed by atoms with Gasteiger partial charge in [-0.1, -0.05) is 0 Å². The monoisotopic (exact) mass is 244 g/mol. The van der Waals surface area contributed by atoms with E-state index in [1.807, 2.05) is 0 Å². The third-order valence-corrected chi connectivity index (χ3v) is 2.48. The van der Waals surface area contributed by atoms with Crippen LogP contribution in [0, 0.1) is 24.1 Å². The lowest BCUT2D eigenvalue weighted by Gasteiger charge is -2.08. The molecule has 0 aliphatic carbocycles. The van der Waals surface area contributed by atoms with Crippen molar-refractivity contribution in [3.63, 3.8) is 0 Å². The molecule has 0 saturated carbocycles. The smallest absolute Gasteiger partial charge is 0.145 e. The normalized spacial score (nSPS) is 10.1. The minimum atomic E-state index is -0.589. The summed E-state index contributed by atoms with van der Waals surface area (Å²) in [4.78, 5) is 0. The highest BCUT2D eigenvalue weighted by Gasteiger charge is 2.11. The van der Waals surface area contributed by atoms with E-state index in [2.05, 4.69) is 12.0 Å². The summed E-state index contributed by atoms with van der Waals surface area (Å²) >= 11 is 0. The maximum absolute atomic E-state index is 13.7. The Kier molecular flexibility index (Phi) is 3.28. The molecule has 0 aliphatic heterocycles. The lowest BCUT2D eigenvalue weighted by molar-refractivity contribution is 0.408. The van der Waals surface area contributed by atoms with Crippen molar-refractivity contribution in [2.75, 3.05) is 7.11 Å². The summed E-state index contributed by atoms with van der Waals surface area (Å²) < 4.78 is 20.3. The maximum Gasteiger partial charge on any atom is 0.145 e. The average Bonchev–Trinajstić information content (AvgIpc) is 2.74. The minimum Gasteiger partial charge on any atom is -0.495 e. The molecule has 0 unspecified atom stereocenters. The van der Waals surface area contributed by atoms with Crippen LogP contribution in [0.4, 0.5) is 4.39 Å². The van der Waals surface area contributed by atoms with E-state index in [-0.39, 0.29) is 11.3 Å². The molecule has 0 fully saturated rings. The lowest BCUT2D eigenvalue weighted by atomic mass is 10.1. The topological polar surface area (TPSA) is 50.8 Å². The Morgan fingerprint density at radius 1 is 1.56 bits per heavy atom. The molecule has 2 rings (SSSR count). The van der Waals surface area contributed by atoms with Crippen LogP contribution in [0.2, 0.25) is 0 Å². The van der Waals surface area contributed by atoms with Crippen LogP contribution < -0.4 is 4.74 Å². The van der Waals surface area contributed by atoms with Crippen LogP contribution in [-0.4, -0.2) is 16.9 Å². The molecule has 18 heavy (non-hydrogen) atoms. The minimum absolute atomic E-state index is 0.0837. The van der Waals surface area contributed by atoms with E-state index < -0.39 is 5.82 Å². The van der Waals surface area contributed by atoms with Crippen LogP contribution in [0.1, 0.15) is 16.7 Å². The van der Waals surface area contributed by atoms with Crippen molar-refractivity contribution >= 4 is 0 Å². The quantitative estimate of drug-likeness (QED) is 0.831. The maximum atomic E-state index is 13.7. The predicted molar refractivity (Wildman–Crippen MR) is 63.5 cm³/mol. The van der Waals surface area contributed by atoms with Gasteiger partial charge in [-0.15, -0.1) is 0 Å². The second-order valence-electron chi connectivity index (χ2n) is 3.81. The number of rotatable bonds is 3. The standard InChI is InChI=1S/C13H11FN3O/c1-9-6-16-17(7-9)8-10-3-12(14)11(5-15)13(4-10)18-2/h3-4,6-7H,1,8H2,2H3. The SMILES string of the molecule is [CH2]c1cnn(Cc2cc(F)c(C#N)c(OC)c2)c1. The zero-order valence-corrected chi connectivity index (χ0v) is 9.85. The van der Waals surface area contributed by atoms with Crippen molar-refractivity contribution in [2.24, 2.45) is 0 Å². The number of halogens is 1. The number of ether oxygens (including phenoxy) is 1. The molecule has 0 bridgehead atoms. The van der Waals surface area contributed by atoms with Crippen LogP contribution >= 0.6 is 0 Å². The first-order valence-corrected chi connectivity index (χ1v) is 5.25. The van der Waals surface area contributed by atoms with Gasteiger partial charge in [-0.25, -0.2) is 4.39 Å². The van der Waals surface area contributed by atoms with Crippen LogP contribution in [0.3, 0.4) is 0 Å². The highest BCUT2D eigenvalue weighted by molar-refractivity contribution is 5.46. The van der Waals surface area contributed by atoms with Gasteiger partial charge in [-0.3, -0.25) is 4.68 Å². The van der Waals surface area contributed by atoms with Crippen LogP contribution in [0.25, 0.3) is 0 Å². The zero-order chi connectivity index (χ0) is 13.1. The van der Waals surface area contributed by atoms with Gasteiger partial charge < -0.3 is 4.74 Å². The molecule has 1 aromatic heterocycles. The zero-order valence-electron chi connectivity index (χ0n) is 9.85. The van der Waals surface area contributed by atoms with Gasteiger partial charge in [-0.2, -0.15) is 10.4 Å². The van der Waals surface area contributed by atoms with Crippen molar-refractivity contribution in [3.05, 3.63) is 54.0 Å². The van der Waals surface area contributed by atoms with Crippen molar-refractivity contribution in [1.82, 2.24) is 9.78 Å². The van der Waals surface area contributed by atoms with Gasteiger partial charge in [0.2, 0.25) is 0 Å². The molecule has 91 valence electrons. The molecular weight excluding hydrogens is 233 g/mol. The number of hydrogen-bond donors (Lipinski definition) is 0. The van der Waals surface area contributed by atoms with E-state index in [0.717, 1.165) is 5.56 Å². The molecule has 0 atom stereocenters. The molecule has 1 aromatic carbocycles. The number of aromatic nitrogens is 2. The van der Waals surface area contributed by atoms with Gasteiger partial charge in [0.15, 0.2) is 0 Å². The Labute approximate surface area is 104 Å². The fourth-order valence-corrected chi connectivity index (χ4v) is 1.68. The molecule has 5 heteroatoms. The van der Waals surface area contributed by atoms with Gasteiger partial charge in [0.1, 0.15) is 23.2 Å². The summed E-state index contributed by atoms with van der Waals surface area (Å²) in [7, 11) is 1.40.